The van der Waals surface area contributed by atoms with Gasteiger partial charge in [-0.15, -0.1) is 0 Å². The van der Waals surface area contributed by atoms with E-state index in [1.807, 2.05) is 12.3 Å². The SMILES string of the molecule is CC(Nc1nccn(C2CC2)c1=O)c1ccsc1. The number of aromatic nitrogens is 2. The van der Waals surface area contributed by atoms with Crippen molar-refractivity contribution in [3.63, 3.8) is 0 Å². The molecule has 0 bridgehead atoms. The van der Waals surface area contributed by atoms with E-state index in [0.29, 0.717) is 11.9 Å². The second kappa shape index (κ2) is 4.57. The summed E-state index contributed by atoms with van der Waals surface area (Å²) in [6, 6.07) is 2.55. The highest BCUT2D eigenvalue weighted by Gasteiger charge is 2.25. The zero-order valence-corrected chi connectivity index (χ0v) is 11.0. The molecule has 4 nitrogen and oxygen atoms in total. The Morgan fingerprint density at radius 3 is 3.06 bits per heavy atom. The van der Waals surface area contributed by atoms with Crippen LogP contribution in [0.4, 0.5) is 5.82 Å². The van der Waals surface area contributed by atoms with Crippen LogP contribution in [0.3, 0.4) is 0 Å². The minimum Gasteiger partial charge on any atom is -0.359 e. The van der Waals surface area contributed by atoms with Crippen molar-refractivity contribution in [3.05, 3.63) is 45.1 Å². The lowest BCUT2D eigenvalue weighted by Gasteiger charge is -2.13. The van der Waals surface area contributed by atoms with Gasteiger partial charge in [0.25, 0.3) is 5.56 Å². The summed E-state index contributed by atoms with van der Waals surface area (Å²) in [5.41, 5.74) is 1.17. The first-order chi connectivity index (χ1) is 8.75. The molecular formula is C13H15N3OS. The fourth-order valence-corrected chi connectivity index (χ4v) is 2.73. The molecule has 0 spiro atoms. The standard InChI is InChI=1S/C13H15N3OS/c1-9(10-4-7-18-8-10)15-12-13(17)16(6-5-14-12)11-2-3-11/h4-9,11H,2-3H2,1H3,(H,14,15). The van der Waals surface area contributed by atoms with Gasteiger partial charge in [0.15, 0.2) is 5.82 Å². The predicted molar refractivity (Wildman–Crippen MR) is 73.1 cm³/mol. The monoisotopic (exact) mass is 261 g/mol. The second-order valence-corrected chi connectivity index (χ2v) is 5.42. The van der Waals surface area contributed by atoms with Crippen LogP contribution in [0, 0.1) is 0 Å². The first-order valence-corrected chi connectivity index (χ1v) is 7.06. The van der Waals surface area contributed by atoms with Gasteiger partial charge < -0.3 is 9.88 Å². The van der Waals surface area contributed by atoms with Gasteiger partial charge in [0, 0.05) is 18.4 Å². The number of rotatable bonds is 4. The third-order valence-electron chi connectivity index (χ3n) is 3.20. The third-order valence-corrected chi connectivity index (χ3v) is 3.91. The Morgan fingerprint density at radius 1 is 1.56 bits per heavy atom. The lowest BCUT2D eigenvalue weighted by Crippen LogP contribution is -2.24. The van der Waals surface area contributed by atoms with E-state index in [2.05, 4.69) is 21.7 Å². The molecule has 0 saturated heterocycles. The Morgan fingerprint density at radius 2 is 2.39 bits per heavy atom. The molecule has 1 saturated carbocycles. The van der Waals surface area contributed by atoms with Gasteiger partial charge in [-0.3, -0.25) is 4.79 Å². The number of nitrogens with one attached hydrogen (secondary N) is 1. The van der Waals surface area contributed by atoms with Crippen molar-refractivity contribution in [1.29, 1.82) is 0 Å². The highest BCUT2D eigenvalue weighted by molar-refractivity contribution is 7.07. The second-order valence-electron chi connectivity index (χ2n) is 4.64. The van der Waals surface area contributed by atoms with Crippen LogP contribution < -0.4 is 10.9 Å². The quantitative estimate of drug-likeness (QED) is 0.920. The molecule has 0 radical (unpaired) electrons. The molecule has 0 aromatic carbocycles. The van der Waals surface area contributed by atoms with Crippen LogP contribution in [0.2, 0.25) is 0 Å². The van der Waals surface area contributed by atoms with E-state index in [4.69, 9.17) is 0 Å². The van der Waals surface area contributed by atoms with Crippen molar-refractivity contribution >= 4 is 17.2 Å². The van der Waals surface area contributed by atoms with E-state index < -0.39 is 0 Å². The van der Waals surface area contributed by atoms with Gasteiger partial charge in [0.05, 0.1) is 6.04 Å². The maximum atomic E-state index is 12.2. The summed E-state index contributed by atoms with van der Waals surface area (Å²) < 4.78 is 1.79. The molecule has 1 N–H and O–H groups in total. The van der Waals surface area contributed by atoms with Gasteiger partial charge in [0.2, 0.25) is 0 Å². The molecule has 2 heterocycles. The number of nitrogens with zero attached hydrogens (tertiary/aromatic N) is 2. The maximum absolute atomic E-state index is 12.2. The maximum Gasteiger partial charge on any atom is 0.293 e. The molecule has 18 heavy (non-hydrogen) atoms. The normalized spacial score (nSPS) is 16.5. The van der Waals surface area contributed by atoms with Crippen LogP contribution in [0.5, 0.6) is 0 Å². The van der Waals surface area contributed by atoms with E-state index in [1.54, 1.807) is 28.3 Å². The van der Waals surface area contributed by atoms with Crippen molar-refractivity contribution in [2.24, 2.45) is 0 Å². The molecule has 1 fully saturated rings. The van der Waals surface area contributed by atoms with Crippen molar-refractivity contribution < 1.29 is 0 Å². The fourth-order valence-electron chi connectivity index (χ4n) is 1.97. The van der Waals surface area contributed by atoms with Crippen LogP contribution in [0.25, 0.3) is 0 Å². The molecule has 0 amide bonds. The van der Waals surface area contributed by atoms with E-state index in [0.717, 1.165) is 12.8 Å². The van der Waals surface area contributed by atoms with Crippen molar-refractivity contribution in [2.45, 2.75) is 31.8 Å². The first-order valence-electron chi connectivity index (χ1n) is 6.11. The van der Waals surface area contributed by atoms with Gasteiger partial charge in [-0.2, -0.15) is 11.3 Å². The topological polar surface area (TPSA) is 46.9 Å². The van der Waals surface area contributed by atoms with Crippen LogP contribution in [-0.2, 0) is 0 Å². The Labute approximate surface area is 109 Å². The van der Waals surface area contributed by atoms with Crippen molar-refractivity contribution in [2.75, 3.05) is 5.32 Å². The number of hydrogen-bond acceptors (Lipinski definition) is 4. The molecule has 0 aliphatic heterocycles. The van der Waals surface area contributed by atoms with Crippen molar-refractivity contribution in [1.82, 2.24) is 9.55 Å². The first kappa shape index (κ1) is 11.5. The van der Waals surface area contributed by atoms with Crippen LogP contribution in [0.15, 0.2) is 34.0 Å². The Balaban J connectivity index is 1.84. The minimum absolute atomic E-state index is 0.0120. The highest BCUT2D eigenvalue weighted by atomic mass is 32.1. The van der Waals surface area contributed by atoms with Gasteiger partial charge >= 0.3 is 0 Å². The Bertz CT molecular complexity index is 587. The predicted octanol–water partition coefficient (Wildman–Crippen LogP) is 2.81. The number of hydrogen-bond donors (Lipinski definition) is 1. The smallest absolute Gasteiger partial charge is 0.293 e. The largest absolute Gasteiger partial charge is 0.359 e. The number of anilines is 1. The van der Waals surface area contributed by atoms with Crippen molar-refractivity contribution in [3.8, 4) is 0 Å². The summed E-state index contributed by atoms with van der Waals surface area (Å²) in [5.74, 6) is 0.447. The summed E-state index contributed by atoms with van der Waals surface area (Å²) >= 11 is 1.66. The molecule has 2 aromatic rings. The van der Waals surface area contributed by atoms with Gasteiger partial charge in [-0.25, -0.2) is 4.98 Å². The lowest BCUT2D eigenvalue weighted by molar-refractivity contribution is 0.696. The molecule has 1 unspecified atom stereocenters. The molecule has 1 aliphatic rings. The fraction of sp³-hybridized carbons (Fsp3) is 0.385. The van der Waals surface area contributed by atoms with Gasteiger partial charge in [0.1, 0.15) is 0 Å². The molecule has 94 valence electrons. The lowest BCUT2D eigenvalue weighted by atomic mass is 10.2. The molecule has 5 heteroatoms. The summed E-state index contributed by atoms with van der Waals surface area (Å²) in [5, 5.41) is 7.32. The number of thiophene rings is 1. The summed E-state index contributed by atoms with van der Waals surface area (Å²) in [6.07, 6.45) is 5.68. The third kappa shape index (κ3) is 2.18. The molecule has 1 atom stereocenters. The summed E-state index contributed by atoms with van der Waals surface area (Å²) in [6.45, 7) is 2.04. The van der Waals surface area contributed by atoms with Gasteiger partial charge in [-0.1, -0.05) is 0 Å². The zero-order chi connectivity index (χ0) is 12.5. The average molecular weight is 261 g/mol. The summed E-state index contributed by atoms with van der Waals surface area (Å²) in [4.78, 5) is 16.4. The Hall–Kier alpha value is -1.62. The zero-order valence-electron chi connectivity index (χ0n) is 10.2. The van der Waals surface area contributed by atoms with E-state index in [9.17, 15) is 4.79 Å². The van der Waals surface area contributed by atoms with Gasteiger partial charge in [-0.05, 0) is 42.2 Å². The van der Waals surface area contributed by atoms with E-state index in [1.165, 1.54) is 5.56 Å². The van der Waals surface area contributed by atoms with Crippen LogP contribution in [0.1, 0.15) is 37.4 Å². The molecule has 1 aliphatic carbocycles. The highest BCUT2D eigenvalue weighted by Crippen LogP contribution is 2.33. The summed E-state index contributed by atoms with van der Waals surface area (Å²) in [7, 11) is 0. The molecular weight excluding hydrogens is 246 g/mol. The molecule has 2 aromatic heterocycles. The average Bonchev–Trinajstić information content (AvgIpc) is 3.05. The van der Waals surface area contributed by atoms with E-state index in [-0.39, 0.29) is 11.6 Å². The Kier molecular flexibility index (Phi) is 2.91. The van der Waals surface area contributed by atoms with Crippen LogP contribution >= 0.6 is 11.3 Å². The molecule has 3 rings (SSSR count). The van der Waals surface area contributed by atoms with Crippen LogP contribution in [-0.4, -0.2) is 9.55 Å². The van der Waals surface area contributed by atoms with E-state index >= 15 is 0 Å². The minimum atomic E-state index is -0.0120.